The molecule has 18 heavy (non-hydrogen) atoms. The van der Waals surface area contributed by atoms with E-state index in [0.29, 0.717) is 6.42 Å². The summed E-state index contributed by atoms with van der Waals surface area (Å²) in [7, 11) is 0. The Balaban J connectivity index is 1.85. The molecular weight excluding hydrogens is 248 g/mol. The number of rotatable bonds is 5. The van der Waals surface area contributed by atoms with Gasteiger partial charge in [-0.1, -0.05) is 6.42 Å². The molecule has 0 bridgehead atoms. The third kappa shape index (κ3) is 2.81. The van der Waals surface area contributed by atoms with Gasteiger partial charge in [0.05, 0.1) is 10.6 Å². The second-order valence-corrected chi connectivity index (χ2v) is 5.79. The molecule has 98 valence electrons. The number of carbonyl (C=O) groups excluding carboxylic acids is 1. The first-order valence-corrected chi connectivity index (χ1v) is 7.09. The average molecular weight is 266 g/mol. The van der Waals surface area contributed by atoms with Crippen LogP contribution in [0.5, 0.6) is 0 Å². The van der Waals surface area contributed by atoms with E-state index >= 15 is 0 Å². The summed E-state index contributed by atoms with van der Waals surface area (Å²) in [6.45, 7) is 0. The molecule has 2 unspecified atom stereocenters. The number of thioether (sulfide) groups is 1. The van der Waals surface area contributed by atoms with Gasteiger partial charge in [-0.05, 0) is 37.0 Å². The zero-order valence-electron chi connectivity index (χ0n) is 10.2. The molecule has 1 heterocycles. The Kier molecular flexibility index (Phi) is 4.19. The topological polar surface area (TPSA) is 94.9 Å². The maximum atomic E-state index is 11.4. The highest BCUT2D eigenvalue weighted by molar-refractivity contribution is 7.99. The van der Waals surface area contributed by atoms with Gasteiger partial charge in [-0.25, -0.2) is 9.97 Å². The summed E-state index contributed by atoms with van der Waals surface area (Å²) in [5.74, 6) is 0.731. The molecule has 0 aliphatic heterocycles. The Hall–Kier alpha value is -1.14. The number of nitrogens with two attached hydrogens (primary N) is 2. The largest absolute Gasteiger partial charge is 0.368 e. The van der Waals surface area contributed by atoms with E-state index in [1.54, 1.807) is 18.0 Å². The van der Waals surface area contributed by atoms with Crippen molar-refractivity contribution in [3.05, 3.63) is 18.6 Å². The highest BCUT2D eigenvalue weighted by Crippen LogP contribution is 2.37. The highest BCUT2D eigenvalue weighted by Gasteiger charge is 2.43. The monoisotopic (exact) mass is 266 g/mol. The van der Waals surface area contributed by atoms with E-state index in [9.17, 15) is 4.79 Å². The van der Waals surface area contributed by atoms with Crippen LogP contribution in [-0.4, -0.2) is 27.2 Å². The third-order valence-corrected chi connectivity index (χ3v) is 4.58. The molecule has 1 fully saturated rings. The Morgan fingerprint density at radius 1 is 1.61 bits per heavy atom. The Bertz CT molecular complexity index is 414. The Labute approximate surface area is 111 Å². The summed E-state index contributed by atoms with van der Waals surface area (Å²) < 4.78 is 0. The van der Waals surface area contributed by atoms with Gasteiger partial charge in [0.15, 0.2) is 0 Å². The lowest BCUT2D eigenvalue weighted by atomic mass is 9.85. The molecule has 0 saturated heterocycles. The number of carbonyl (C=O) groups is 1. The minimum Gasteiger partial charge on any atom is -0.368 e. The molecule has 2 atom stereocenters. The van der Waals surface area contributed by atoms with Crippen LogP contribution in [0.15, 0.2) is 23.6 Å². The van der Waals surface area contributed by atoms with Crippen LogP contribution >= 0.6 is 11.8 Å². The minimum atomic E-state index is -0.799. The van der Waals surface area contributed by atoms with E-state index in [1.165, 1.54) is 6.33 Å². The summed E-state index contributed by atoms with van der Waals surface area (Å²) in [6, 6.07) is 1.88. The van der Waals surface area contributed by atoms with Crippen LogP contribution in [-0.2, 0) is 4.79 Å². The fraction of sp³-hybridized carbons (Fsp3) is 0.583. The SMILES string of the molecule is NC(=O)C1(N)CCCC1CCSc1ccncn1. The molecular formula is C12H18N4OS. The van der Waals surface area contributed by atoms with Crippen molar-refractivity contribution in [2.24, 2.45) is 17.4 Å². The predicted molar refractivity (Wildman–Crippen MR) is 70.8 cm³/mol. The molecule has 1 aromatic heterocycles. The molecule has 0 aromatic carbocycles. The number of amides is 1. The first-order valence-electron chi connectivity index (χ1n) is 6.10. The van der Waals surface area contributed by atoms with Crippen LogP contribution in [0.3, 0.4) is 0 Å². The lowest BCUT2D eigenvalue weighted by molar-refractivity contribution is -0.124. The standard InChI is InChI=1S/C12H18N4OS/c13-11(17)12(14)5-1-2-9(12)4-7-18-10-3-6-15-8-16-10/h3,6,8-9H,1-2,4-5,7,14H2,(H2,13,17). The van der Waals surface area contributed by atoms with Gasteiger partial charge in [0.25, 0.3) is 0 Å². The quantitative estimate of drug-likeness (QED) is 0.611. The van der Waals surface area contributed by atoms with Crippen LogP contribution in [0.1, 0.15) is 25.7 Å². The molecule has 6 heteroatoms. The molecule has 1 amide bonds. The normalized spacial score (nSPS) is 27.3. The maximum Gasteiger partial charge on any atom is 0.237 e. The highest BCUT2D eigenvalue weighted by atomic mass is 32.2. The fourth-order valence-corrected chi connectivity index (χ4v) is 3.39. The molecule has 1 aromatic rings. The molecule has 1 aliphatic carbocycles. The van der Waals surface area contributed by atoms with Crippen LogP contribution in [0.4, 0.5) is 0 Å². The molecule has 0 spiro atoms. The van der Waals surface area contributed by atoms with Gasteiger partial charge < -0.3 is 11.5 Å². The Morgan fingerprint density at radius 3 is 3.11 bits per heavy atom. The second-order valence-electron chi connectivity index (χ2n) is 4.68. The summed E-state index contributed by atoms with van der Waals surface area (Å²) >= 11 is 1.66. The molecule has 1 saturated carbocycles. The number of hydrogen-bond acceptors (Lipinski definition) is 5. The number of aromatic nitrogens is 2. The smallest absolute Gasteiger partial charge is 0.237 e. The first kappa shape index (κ1) is 13.3. The van der Waals surface area contributed by atoms with E-state index in [4.69, 9.17) is 11.5 Å². The zero-order valence-corrected chi connectivity index (χ0v) is 11.0. The fourth-order valence-electron chi connectivity index (χ4n) is 2.50. The first-order chi connectivity index (χ1) is 8.63. The van der Waals surface area contributed by atoms with Crippen molar-refractivity contribution in [2.75, 3.05) is 5.75 Å². The minimum absolute atomic E-state index is 0.198. The molecule has 2 rings (SSSR count). The number of hydrogen-bond donors (Lipinski definition) is 2. The van der Waals surface area contributed by atoms with E-state index in [1.807, 2.05) is 6.07 Å². The van der Waals surface area contributed by atoms with Crippen molar-refractivity contribution < 1.29 is 4.79 Å². The van der Waals surface area contributed by atoms with Crippen LogP contribution in [0.2, 0.25) is 0 Å². The van der Waals surface area contributed by atoms with Gasteiger partial charge in [0.1, 0.15) is 6.33 Å². The van der Waals surface area contributed by atoms with Crippen molar-refractivity contribution in [3.63, 3.8) is 0 Å². The predicted octanol–water partition coefficient (Wildman–Crippen LogP) is 0.942. The van der Waals surface area contributed by atoms with Gasteiger partial charge in [0, 0.05) is 6.20 Å². The summed E-state index contributed by atoms with van der Waals surface area (Å²) in [6.07, 6.45) is 6.85. The lowest BCUT2D eigenvalue weighted by Crippen LogP contribution is -2.54. The van der Waals surface area contributed by atoms with Crippen molar-refractivity contribution >= 4 is 17.7 Å². The van der Waals surface area contributed by atoms with E-state index < -0.39 is 5.54 Å². The molecule has 4 N–H and O–H groups in total. The van der Waals surface area contributed by atoms with Crippen molar-refractivity contribution in [1.29, 1.82) is 0 Å². The van der Waals surface area contributed by atoms with E-state index in [2.05, 4.69) is 9.97 Å². The summed E-state index contributed by atoms with van der Waals surface area (Å²) in [5, 5.41) is 0.949. The number of nitrogens with zero attached hydrogens (tertiary/aromatic N) is 2. The van der Waals surface area contributed by atoms with E-state index in [0.717, 1.165) is 30.0 Å². The number of primary amides is 1. The molecule has 0 radical (unpaired) electrons. The van der Waals surface area contributed by atoms with Gasteiger partial charge in [-0.3, -0.25) is 4.79 Å². The van der Waals surface area contributed by atoms with E-state index in [-0.39, 0.29) is 11.8 Å². The second kappa shape index (κ2) is 5.67. The van der Waals surface area contributed by atoms with Gasteiger partial charge in [-0.2, -0.15) is 0 Å². The van der Waals surface area contributed by atoms with Gasteiger partial charge >= 0.3 is 0 Å². The van der Waals surface area contributed by atoms with Gasteiger partial charge in [-0.15, -0.1) is 11.8 Å². The molecule has 1 aliphatic rings. The van der Waals surface area contributed by atoms with Gasteiger partial charge in [0.2, 0.25) is 5.91 Å². The van der Waals surface area contributed by atoms with Crippen molar-refractivity contribution in [3.8, 4) is 0 Å². The Morgan fingerprint density at radius 2 is 2.44 bits per heavy atom. The van der Waals surface area contributed by atoms with Crippen molar-refractivity contribution in [2.45, 2.75) is 36.2 Å². The van der Waals surface area contributed by atoms with Crippen molar-refractivity contribution in [1.82, 2.24) is 9.97 Å². The molecule has 5 nitrogen and oxygen atoms in total. The van der Waals surface area contributed by atoms with Crippen LogP contribution in [0.25, 0.3) is 0 Å². The average Bonchev–Trinajstić information content (AvgIpc) is 2.74. The zero-order chi connectivity index (χ0) is 13.0. The van der Waals surface area contributed by atoms with Crippen LogP contribution in [0, 0.1) is 5.92 Å². The summed E-state index contributed by atoms with van der Waals surface area (Å²) in [4.78, 5) is 19.5. The maximum absolute atomic E-state index is 11.4. The third-order valence-electron chi connectivity index (χ3n) is 3.60. The summed E-state index contributed by atoms with van der Waals surface area (Å²) in [5.41, 5.74) is 10.7. The van der Waals surface area contributed by atoms with Crippen LogP contribution < -0.4 is 11.5 Å². The lowest BCUT2D eigenvalue weighted by Gasteiger charge is -2.27.